The zero-order valence-electron chi connectivity index (χ0n) is 10.5. The van der Waals surface area contributed by atoms with Crippen LogP contribution in [0.3, 0.4) is 0 Å². The van der Waals surface area contributed by atoms with Gasteiger partial charge in [0, 0.05) is 25.8 Å². The fraction of sp³-hybridized carbons (Fsp3) is 0.538. The smallest absolute Gasteiger partial charge is 0.121 e. The van der Waals surface area contributed by atoms with Gasteiger partial charge < -0.3 is 20.1 Å². The van der Waals surface area contributed by atoms with E-state index in [0.717, 1.165) is 43.2 Å². The van der Waals surface area contributed by atoms with E-state index in [-0.39, 0.29) is 6.10 Å². The van der Waals surface area contributed by atoms with Gasteiger partial charge in [-0.2, -0.15) is 0 Å². The van der Waals surface area contributed by atoms with Gasteiger partial charge >= 0.3 is 0 Å². The van der Waals surface area contributed by atoms with Crippen molar-refractivity contribution < 1.29 is 9.47 Å². The molecule has 4 heteroatoms. The van der Waals surface area contributed by atoms with Gasteiger partial charge in [-0.1, -0.05) is 0 Å². The Hall–Kier alpha value is -1.42. The molecule has 0 aromatic heterocycles. The van der Waals surface area contributed by atoms with E-state index in [9.17, 15) is 0 Å². The number of anilines is 2. The standard InChI is InChI=1S/C13H20N2O2/c1-10-9-15(6-3-7-17-10)13-5-4-11(16-2)8-12(13)14/h4-5,8,10H,3,6-7,9,14H2,1-2H3. The van der Waals surface area contributed by atoms with Crippen molar-refractivity contribution in [3.63, 3.8) is 0 Å². The number of benzene rings is 1. The van der Waals surface area contributed by atoms with E-state index in [4.69, 9.17) is 15.2 Å². The zero-order valence-corrected chi connectivity index (χ0v) is 10.5. The molecule has 0 saturated carbocycles. The monoisotopic (exact) mass is 236 g/mol. The summed E-state index contributed by atoms with van der Waals surface area (Å²) in [6, 6.07) is 5.83. The van der Waals surface area contributed by atoms with Gasteiger partial charge in [0.15, 0.2) is 0 Å². The van der Waals surface area contributed by atoms with Crippen LogP contribution in [-0.4, -0.2) is 32.9 Å². The van der Waals surface area contributed by atoms with E-state index in [1.807, 2.05) is 18.2 Å². The third kappa shape index (κ3) is 2.82. The van der Waals surface area contributed by atoms with Gasteiger partial charge in [0.1, 0.15) is 5.75 Å². The molecule has 1 fully saturated rings. The van der Waals surface area contributed by atoms with E-state index in [1.54, 1.807) is 7.11 Å². The van der Waals surface area contributed by atoms with Crippen molar-refractivity contribution in [2.75, 3.05) is 37.4 Å². The SMILES string of the molecule is COc1ccc(N2CCCOC(C)C2)c(N)c1. The van der Waals surface area contributed by atoms with E-state index < -0.39 is 0 Å². The average Bonchev–Trinajstić information content (AvgIpc) is 2.53. The zero-order chi connectivity index (χ0) is 12.3. The number of hydrogen-bond acceptors (Lipinski definition) is 4. The molecular formula is C13H20N2O2. The summed E-state index contributed by atoms with van der Waals surface area (Å²) in [5, 5.41) is 0. The Labute approximate surface area is 102 Å². The maximum absolute atomic E-state index is 6.06. The van der Waals surface area contributed by atoms with Gasteiger partial charge in [-0.05, 0) is 25.5 Å². The number of nitrogens with two attached hydrogens (primary N) is 1. The second-order valence-corrected chi connectivity index (χ2v) is 4.41. The van der Waals surface area contributed by atoms with Crippen LogP contribution in [-0.2, 0) is 4.74 Å². The highest BCUT2D eigenvalue weighted by Gasteiger charge is 2.17. The maximum atomic E-state index is 6.06. The molecule has 0 aliphatic carbocycles. The Kier molecular flexibility index (Phi) is 3.74. The molecule has 0 radical (unpaired) electrons. The molecule has 1 saturated heterocycles. The molecule has 0 bridgehead atoms. The quantitative estimate of drug-likeness (QED) is 0.797. The van der Waals surface area contributed by atoms with E-state index in [1.165, 1.54) is 0 Å². The predicted molar refractivity (Wildman–Crippen MR) is 69.7 cm³/mol. The van der Waals surface area contributed by atoms with Crippen molar-refractivity contribution in [3.05, 3.63) is 18.2 Å². The summed E-state index contributed by atoms with van der Waals surface area (Å²) in [5.74, 6) is 0.797. The lowest BCUT2D eigenvalue weighted by Crippen LogP contribution is -2.30. The van der Waals surface area contributed by atoms with Crippen molar-refractivity contribution in [2.24, 2.45) is 0 Å². The van der Waals surface area contributed by atoms with Crippen LogP contribution in [0.5, 0.6) is 5.75 Å². The number of ether oxygens (including phenoxy) is 2. The summed E-state index contributed by atoms with van der Waals surface area (Å²) in [6.07, 6.45) is 1.29. The van der Waals surface area contributed by atoms with Crippen LogP contribution in [0.25, 0.3) is 0 Å². The molecule has 4 nitrogen and oxygen atoms in total. The van der Waals surface area contributed by atoms with Gasteiger partial charge in [0.25, 0.3) is 0 Å². The first-order valence-corrected chi connectivity index (χ1v) is 6.01. The Morgan fingerprint density at radius 2 is 2.29 bits per heavy atom. The van der Waals surface area contributed by atoms with Crippen LogP contribution >= 0.6 is 0 Å². The fourth-order valence-corrected chi connectivity index (χ4v) is 2.16. The lowest BCUT2D eigenvalue weighted by atomic mass is 10.2. The lowest BCUT2D eigenvalue weighted by Gasteiger charge is -2.25. The van der Waals surface area contributed by atoms with E-state index in [2.05, 4.69) is 11.8 Å². The number of methoxy groups -OCH3 is 1. The Balaban J connectivity index is 2.20. The lowest BCUT2D eigenvalue weighted by molar-refractivity contribution is 0.0821. The third-order valence-electron chi connectivity index (χ3n) is 3.03. The Bertz CT molecular complexity index is 382. The number of nitrogens with zero attached hydrogens (tertiary/aromatic N) is 1. The number of hydrogen-bond donors (Lipinski definition) is 1. The highest BCUT2D eigenvalue weighted by atomic mass is 16.5. The highest BCUT2D eigenvalue weighted by Crippen LogP contribution is 2.28. The van der Waals surface area contributed by atoms with Crippen LogP contribution in [0.1, 0.15) is 13.3 Å². The van der Waals surface area contributed by atoms with Gasteiger partial charge in [-0.3, -0.25) is 0 Å². The summed E-state index contributed by atoms with van der Waals surface area (Å²) in [6.45, 7) is 4.79. The van der Waals surface area contributed by atoms with Crippen LogP contribution in [0.15, 0.2) is 18.2 Å². The number of nitrogen functional groups attached to an aromatic ring is 1. The molecule has 1 heterocycles. The molecular weight excluding hydrogens is 216 g/mol. The molecule has 1 aliphatic rings. The molecule has 2 N–H and O–H groups in total. The first-order valence-electron chi connectivity index (χ1n) is 6.01. The first-order chi connectivity index (χ1) is 8.20. The van der Waals surface area contributed by atoms with Crippen LogP contribution in [0.4, 0.5) is 11.4 Å². The minimum atomic E-state index is 0.249. The maximum Gasteiger partial charge on any atom is 0.121 e. The summed E-state index contributed by atoms with van der Waals surface area (Å²) in [5.41, 5.74) is 7.90. The minimum Gasteiger partial charge on any atom is -0.497 e. The molecule has 0 amide bonds. The van der Waals surface area contributed by atoms with Crippen LogP contribution in [0.2, 0.25) is 0 Å². The van der Waals surface area contributed by atoms with Gasteiger partial charge in [0.2, 0.25) is 0 Å². The second-order valence-electron chi connectivity index (χ2n) is 4.41. The molecule has 1 atom stereocenters. The van der Waals surface area contributed by atoms with E-state index in [0.29, 0.717) is 0 Å². The number of rotatable bonds is 2. The van der Waals surface area contributed by atoms with Crippen molar-refractivity contribution in [1.82, 2.24) is 0 Å². The molecule has 94 valence electrons. The van der Waals surface area contributed by atoms with Gasteiger partial charge in [-0.25, -0.2) is 0 Å². The van der Waals surface area contributed by atoms with Crippen molar-refractivity contribution in [1.29, 1.82) is 0 Å². The first kappa shape index (κ1) is 12.0. The van der Waals surface area contributed by atoms with Gasteiger partial charge in [0.05, 0.1) is 24.6 Å². The van der Waals surface area contributed by atoms with Crippen molar-refractivity contribution in [2.45, 2.75) is 19.4 Å². The minimum absolute atomic E-state index is 0.249. The Morgan fingerprint density at radius 1 is 1.47 bits per heavy atom. The normalized spacial score (nSPS) is 21.1. The highest BCUT2D eigenvalue weighted by molar-refractivity contribution is 5.69. The molecule has 1 aliphatic heterocycles. The topological polar surface area (TPSA) is 47.7 Å². The predicted octanol–water partition coefficient (Wildman–Crippen LogP) is 1.89. The molecule has 0 spiro atoms. The van der Waals surface area contributed by atoms with Gasteiger partial charge in [-0.15, -0.1) is 0 Å². The summed E-state index contributed by atoms with van der Waals surface area (Å²) >= 11 is 0. The average molecular weight is 236 g/mol. The molecule has 1 unspecified atom stereocenters. The molecule has 1 aromatic rings. The third-order valence-corrected chi connectivity index (χ3v) is 3.03. The second kappa shape index (κ2) is 5.27. The molecule has 1 aromatic carbocycles. The van der Waals surface area contributed by atoms with Crippen molar-refractivity contribution >= 4 is 11.4 Å². The summed E-state index contributed by atoms with van der Waals surface area (Å²) < 4.78 is 10.8. The molecule has 2 rings (SSSR count). The summed E-state index contributed by atoms with van der Waals surface area (Å²) in [4.78, 5) is 2.28. The largest absolute Gasteiger partial charge is 0.497 e. The van der Waals surface area contributed by atoms with Crippen molar-refractivity contribution in [3.8, 4) is 5.75 Å². The molecule has 17 heavy (non-hydrogen) atoms. The van der Waals surface area contributed by atoms with Crippen LogP contribution in [0, 0.1) is 0 Å². The van der Waals surface area contributed by atoms with E-state index >= 15 is 0 Å². The summed E-state index contributed by atoms with van der Waals surface area (Å²) in [7, 11) is 1.65. The fourth-order valence-electron chi connectivity index (χ4n) is 2.16. The Morgan fingerprint density at radius 3 is 3.00 bits per heavy atom. The van der Waals surface area contributed by atoms with Crippen LogP contribution < -0.4 is 15.4 Å².